The van der Waals surface area contributed by atoms with E-state index in [0.29, 0.717) is 24.5 Å². The molecule has 0 spiro atoms. The first kappa shape index (κ1) is 22.1. The third kappa shape index (κ3) is 6.44. The quantitative estimate of drug-likeness (QED) is 0.186. The Labute approximate surface area is 180 Å². The Hall–Kier alpha value is -3.60. The fraction of sp³-hybridized carbons (Fsp3) is 0.400. The molecule has 3 rings (SSSR count). The van der Waals surface area contributed by atoms with E-state index in [1.54, 1.807) is 12.3 Å². The zero-order valence-electron chi connectivity index (χ0n) is 17.5. The molecule has 1 aromatic heterocycles. The zero-order chi connectivity index (χ0) is 22.2. The molecule has 1 saturated heterocycles. The van der Waals surface area contributed by atoms with Crippen LogP contribution in [0.4, 0.5) is 22.1 Å². The molecule has 11 heteroatoms. The average molecular weight is 428 g/mol. The molecule has 2 heterocycles. The molecular weight excluding hydrogens is 398 g/mol. The van der Waals surface area contributed by atoms with E-state index in [0.717, 1.165) is 31.5 Å². The minimum absolute atomic E-state index is 0.0237. The van der Waals surface area contributed by atoms with E-state index < -0.39 is 11.6 Å². The highest BCUT2D eigenvalue weighted by molar-refractivity contribution is 5.99. The third-order valence-electron chi connectivity index (χ3n) is 5.03. The maximum Gasteiger partial charge on any atom is 0.326 e. The van der Waals surface area contributed by atoms with Crippen LogP contribution in [0.5, 0.6) is 0 Å². The Kier molecular flexibility index (Phi) is 7.44. The Morgan fingerprint density at radius 1 is 1.32 bits per heavy atom. The molecule has 31 heavy (non-hydrogen) atoms. The van der Waals surface area contributed by atoms with E-state index in [9.17, 15) is 9.59 Å². The van der Waals surface area contributed by atoms with Crippen LogP contribution < -0.4 is 37.5 Å². The Morgan fingerprint density at radius 2 is 2.13 bits per heavy atom. The molecule has 11 nitrogen and oxygen atoms in total. The monoisotopic (exact) mass is 427 g/mol. The number of hydrogen-bond donors (Lipinski definition) is 7. The third-order valence-corrected chi connectivity index (χ3v) is 5.03. The van der Waals surface area contributed by atoms with Gasteiger partial charge in [0.05, 0.1) is 0 Å². The molecule has 1 atom stereocenters. The number of nitrogens with zero attached hydrogens (tertiary/aromatic N) is 2. The molecule has 1 aromatic carbocycles. The van der Waals surface area contributed by atoms with Crippen molar-refractivity contribution in [2.75, 3.05) is 41.7 Å². The summed E-state index contributed by atoms with van der Waals surface area (Å²) in [7, 11) is 0. The molecule has 0 saturated carbocycles. The molecule has 8 N–H and O–H groups in total. The van der Waals surface area contributed by atoms with E-state index in [4.69, 9.17) is 11.1 Å². The maximum atomic E-state index is 12.5. The molecule has 166 valence electrons. The van der Waals surface area contributed by atoms with Crippen LogP contribution in [0.1, 0.15) is 18.4 Å². The van der Waals surface area contributed by atoms with Crippen LogP contribution in [0.2, 0.25) is 0 Å². The summed E-state index contributed by atoms with van der Waals surface area (Å²) in [5.41, 5.74) is 6.96. The van der Waals surface area contributed by atoms with Crippen molar-refractivity contribution < 1.29 is 4.79 Å². The second-order valence-corrected chi connectivity index (χ2v) is 7.41. The molecule has 0 radical (unpaired) electrons. The van der Waals surface area contributed by atoms with Gasteiger partial charge in [0.2, 0.25) is 5.95 Å². The first-order chi connectivity index (χ1) is 14.9. The summed E-state index contributed by atoms with van der Waals surface area (Å²) >= 11 is 0. The fourth-order valence-corrected chi connectivity index (χ4v) is 3.42. The normalized spacial score (nSPS) is 15.5. The number of aromatic nitrogens is 2. The summed E-state index contributed by atoms with van der Waals surface area (Å²) in [6.07, 6.45) is 3.35. The van der Waals surface area contributed by atoms with E-state index in [1.807, 2.05) is 30.0 Å². The summed E-state index contributed by atoms with van der Waals surface area (Å²) in [4.78, 5) is 33.5. The van der Waals surface area contributed by atoms with E-state index in [1.165, 1.54) is 0 Å². The van der Waals surface area contributed by atoms with Gasteiger partial charge in [-0.2, -0.15) is 4.98 Å². The summed E-state index contributed by atoms with van der Waals surface area (Å²) in [6.45, 7) is 4.78. The Morgan fingerprint density at radius 3 is 2.87 bits per heavy atom. The highest BCUT2D eigenvalue weighted by Crippen LogP contribution is 2.17. The number of rotatable bonds is 8. The summed E-state index contributed by atoms with van der Waals surface area (Å²) < 4.78 is 0. The van der Waals surface area contributed by atoms with Gasteiger partial charge in [-0.05, 0) is 37.9 Å². The van der Waals surface area contributed by atoms with Crippen LogP contribution in [-0.2, 0) is 0 Å². The SMILES string of the molecule is Cc1ccccc1NC(=O)Nc1nc(=O)c(N2CCC(NCCCNC(=N)N)C2)c[nH]1. The van der Waals surface area contributed by atoms with Gasteiger partial charge in [-0.25, -0.2) is 4.79 Å². The van der Waals surface area contributed by atoms with Crippen molar-refractivity contribution in [3.63, 3.8) is 0 Å². The van der Waals surface area contributed by atoms with Crippen molar-refractivity contribution in [3.05, 3.63) is 46.4 Å². The van der Waals surface area contributed by atoms with Gasteiger partial charge in [-0.3, -0.25) is 15.5 Å². The number of benzene rings is 1. The number of nitrogens with one attached hydrogen (secondary N) is 6. The molecule has 1 fully saturated rings. The number of aromatic amines is 1. The van der Waals surface area contributed by atoms with Gasteiger partial charge in [0.25, 0.3) is 5.56 Å². The number of hydrogen-bond acceptors (Lipinski definition) is 6. The van der Waals surface area contributed by atoms with Gasteiger partial charge in [0, 0.05) is 37.6 Å². The highest BCUT2D eigenvalue weighted by Gasteiger charge is 2.24. The Balaban J connectivity index is 1.49. The first-order valence-electron chi connectivity index (χ1n) is 10.2. The van der Waals surface area contributed by atoms with Crippen molar-refractivity contribution in [2.45, 2.75) is 25.8 Å². The molecule has 0 bridgehead atoms. The average Bonchev–Trinajstić information content (AvgIpc) is 3.18. The van der Waals surface area contributed by atoms with Crippen LogP contribution >= 0.6 is 0 Å². The summed E-state index contributed by atoms with van der Waals surface area (Å²) in [5, 5.41) is 18.6. The number of H-pyrrole nitrogens is 1. The number of guanidine groups is 1. The van der Waals surface area contributed by atoms with Crippen LogP contribution in [0.3, 0.4) is 0 Å². The highest BCUT2D eigenvalue weighted by atomic mass is 16.2. The van der Waals surface area contributed by atoms with Crippen LogP contribution in [-0.4, -0.2) is 54.2 Å². The standard InChI is InChI=1S/C20H29N9O2/c1-13-5-2-3-6-15(13)26-20(31)28-19-25-11-16(17(30)27-19)29-10-7-14(12-29)23-8-4-9-24-18(21)22/h2-3,5-6,11,14,23H,4,7-10,12H2,1H3,(H4,21,22,24)(H3,25,26,27,28,30,31). The van der Waals surface area contributed by atoms with Crippen molar-refractivity contribution in [1.82, 2.24) is 20.6 Å². The topological polar surface area (TPSA) is 164 Å². The minimum atomic E-state index is -0.477. The van der Waals surface area contributed by atoms with Gasteiger partial charge in [0.15, 0.2) is 5.96 Å². The van der Waals surface area contributed by atoms with Gasteiger partial charge < -0.3 is 31.6 Å². The Bertz CT molecular complexity index is 975. The number of carbonyl (C=O) groups excluding carboxylic acids is 1. The second-order valence-electron chi connectivity index (χ2n) is 7.41. The number of aryl methyl sites for hydroxylation is 1. The summed E-state index contributed by atoms with van der Waals surface area (Å²) in [5.74, 6) is 0.0658. The van der Waals surface area contributed by atoms with Gasteiger partial charge >= 0.3 is 6.03 Å². The first-order valence-corrected chi connectivity index (χ1v) is 10.2. The second kappa shape index (κ2) is 10.4. The lowest BCUT2D eigenvalue weighted by Gasteiger charge is -2.18. The smallest absolute Gasteiger partial charge is 0.326 e. The number of anilines is 3. The molecule has 2 amide bonds. The summed E-state index contributed by atoms with van der Waals surface area (Å²) in [6, 6.07) is 7.21. The predicted octanol–water partition coefficient (Wildman–Crippen LogP) is 0.764. The lowest BCUT2D eigenvalue weighted by Crippen LogP contribution is -2.37. The largest absolute Gasteiger partial charge is 0.370 e. The number of carbonyl (C=O) groups is 1. The molecule has 0 aliphatic carbocycles. The number of para-hydroxylation sites is 1. The van der Waals surface area contributed by atoms with Gasteiger partial charge in [0.1, 0.15) is 5.69 Å². The van der Waals surface area contributed by atoms with Crippen LogP contribution in [0.15, 0.2) is 35.3 Å². The fourth-order valence-electron chi connectivity index (χ4n) is 3.42. The van der Waals surface area contributed by atoms with Crippen molar-refractivity contribution in [3.8, 4) is 0 Å². The van der Waals surface area contributed by atoms with Crippen molar-refractivity contribution in [2.24, 2.45) is 5.73 Å². The van der Waals surface area contributed by atoms with E-state index >= 15 is 0 Å². The lowest BCUT2D eigenvalue weighted by molar-refractivity contribution is 0.262. The molecule has 1 aliphatic rings. The molecule has 2 aromatic rings. The van der Waals surface area contributed by atoms with E-state index in [-0.39, 0.29) is 17.9 Å². The minimum Gasteiger partial charge on any atom is -0.370 e. The van der Waals surface area contributed by atoms with Crippen LogP contribution in [0, 0.1) is 12.3 Å². The maximum absolute atomic E-state index is 12.5. The van der Waals surface area contributed by atoms with Crippen molar-refractivity contribution in [1.29, 1.82) is 5.41 Å². The van der Waals surface area contributed by atoms with Crippen molar-refractivity contribution >= 4 is 29.3 Å². The number of nitrogens with two attached hydrogens (primary N) is 1. The van der Waals surface area contributed by atoms with E-state index in [2.05, 4.69) is 31.2 Å². The van der Waals surface area contributed by atoms with Crippen LogP contribution in [0.25, 0.3) is 0 Å². The lowest BCUT2D eigenvalue weighted by atomic mass is 10.2. The molecule has 1 unspecified atom stereocenters. The number of amides is 2. The predicted molar refractivity (Wildman–Crippen MR) is 122 cm³/mol. The zero-order valence-corrected chi connectivity index (χ0v) is 17.5. The number of urea groups is 1. The van der Waals surface area contributed by atoms with Gasteiger partial charge in [-0.15, -0.1) is 0 Å². The molecule has 1 aliphatic heterocycles. The molecular formula is C20H29N9O2. The van der Waals surface area contributed by atoms with Gasteiger partial charge in [-0.1, -0.05) is 18.2 Å².